The summed E-state index contributed by atoms with van der Waals surface area (Å²) in [6, 6.07) is 0. The molecule has 5 N–H and O–H groups in total. The molecule has 286 valence electrons. The number of carbonyl (C=O) groups is 1. The second-order valence-electron chi connectivity index (χ2n) is 13.6. The molecule has 0 aromatic rings. The van der Waals surface area contributed by atoms with E-state index in [9.17, 15) is 24.5 Å². The fourth-order valence-corrected chi connectivity index (χ4v) is 6.64. The summed E-state index contributed by atoms with van der Waals surface area (Å²) < 4.78 is 29.6. The summed E-state index contributed by atoms with van der Waals surface area (Å²) in [4.78, 5) is 27.7. The van der Waals surface area contributed by atoms with Gasteiger partial charge in [0.15, 0.2) is 12.2 Å². The van der Waals surface area contributed by atoms with Crippen molar-refractivity contribution in [2.24, 2.45) is 5.73 Å². The minimum atomic E-state index is -4.42. The van der Waals surface area contributed by atoms with Crippen molar-refractivity contribution < 1.29 is 47.7 Å². The van der Waals surface area contributed by atoms with Gasteiger partial charge in [0.2, 0.25) is 6.61 Å². The maximum Gasteiger partial charge on any atom is 0.524 e. The van der Waals surface area contributed by atoms with E-state index in [0.29, 0.717) is 12.8 Å². The maximum absolute atomic E-state index is 12.6. The lowest BCUT2D eigenvalue weighted by atomic mass is 10.0. The van der Waals surface area contributed by atoms with Crippen molar-refractivity contribution in [1.82, 2.24) is 0 Å². The van der Waals surface area contributed by atoms with E-state index in [2.05, 4.69) is 18.4 Å². The predicted molar refractivity (Wildman–Crippen MR) is 190 cm³/mol. The second kappa shape index (κ2) is 29.0. The Kier molecular flexibility index (Phi) is 27.4. The van der Waals surface area contributed by atoms with E-state index in [1.165, 1.54) is 109 Å². The maximum atomic E-state index is 12.6. The molecule has 0 radical (unpaired) electrons. The summed E-state index contributed by atoms with van der Waals surface area (Å²) >= 11 is 0. The first kappa shape index (κ1) is 45.4. The van der Waals surface area contributed by atoms with Gasteiger partial charge in [-0.3, -0.25) is 18.9 Å². The lowest BCUT2D eigenvalue weighted by Gasteiger charge is -2.17. The summed E-state index contributed by atoms with van der Waals surface area (Å²) in [6.07, 6.45) is 26.9. The van der Waals surface area contributed by atoms with Crippen LogP contribution in [0.15, 0.2) is 0 Å². The van der Waals surface area contributed by atoms with Crippen molar-refractivity contribution in [3.05, 3.63) is 0 Å². The molecule has 48 heavy (non-hydrogen) atoms. The highest BCUT2D eigenvalue weighted by Crippen LogP contribution is 2.45. The average Bonchev–Trinajstić information content (AvgIpc) is 3.73. The van der Waals surface area contributed by atoms with Crippen molar-refractivity contribution >= 4 is 13.8 Å². The molecule has 1 rings (SSSR count). The number of nitrogens with two attached hydrogens (primary N) is 1. The molecule has 12 heteroatoms. The van der Waals surface area contributed by atoms with Gasteiger partial charge in [0.25, 0.3) is 0 Å². The van der Waals surface area contributed by atoms with Crippen LogP contribution in [0.5, 0.6) is 0 Å². The zero-order chi connectivity index (χ0) is 35.4. The monoisotopic (exact) mass is 710 g/mol. The fraction of sp³-hybridized carbons (Fsp3) is 0.972. The van der Waals surface area contributed by atoms with E-state index in [-0.39, 0.29) is 26.2 Å². The van der Waals surface area contributed by atoms with Crippen LogP contribution < -0.4 is 5.73 Å². The van der Waals surface area contributed by atoms with Gasteiger partial charge < -0.3 is 20.5 Å². The van der Waals surface area contributed by atoms with Crippen molar-refractivity contribution in [1.29, 1.82) is 0 Å². The number of unbranched alkanes of at least 4 members (excludes halogenated alkanes) is 22. The summed E-state index contributed by atoms with van der Waals surface area (Å²) in [6.45, 7) is 3.62. The molecule has 11 nitrogen and oxygen atoms in total. The Balaban J connectivity index is 2.33. The van der Waals surface area contributed by atoms with Gasteiger partial charge in [0.05, 0.1) is 6.61 Å². The molecular formula is C36H73NO10P+. The lowest BCUT2D eigenvalue weighted by molar-refractivity contribution is -0.220. The summed E-state index contributed by atoms with van der Waals surface area (Å²) in [7, 11) is -4.42. The molecule has 0 amide bonds. The number of aliphatic hydroxyl groups excluding tert-OH is 1. The van der Waals surface area contributed by atoms with Gasteiger partial charge >= 0.3 is 19.8 Å². The Hall–Kier alpha value is -0.620. The number of phosphoric ester groups is 1. The SMILES string of the molecule is CCCCCCCCCCCCCCCC[C@@H](O)[C@@]1(O)O[O+]1C[C@H](COP(=O)(O)OCCN)OC(=O)CCCCCCCCCCCC. The molecule has 1 fully saturated rings. The minimum absolute atomic E-state index is 0.0346. The van der Waals surface area contributed by atoms with E-state index in [1.807, 2.05) is 0 Å². The molecule has 0 spiro atoms. The Bertz CT molecular complexity index is 822. The number of rotatable bonds is 36. The minimum Gasteiger partial charge on any atom is -0.451 e. The first-order valence-electron chi connectivity index (χ1n) is 19.5. The number of esters is 1. The standard InChI is InChI=1S/C36H72NO10P/c1-3-5-7-9-11-13-15-16-17-18-19-21-23-25-27-34(38)36(40)46-47(36)32-33(31-44-48(41,42)43-30-29-37)45-35(39)28-26-24-22-20-14-12-10-8-6-4-2/h33-34,38,40H,3-32,37H2,1-2H3/p+1/t33-,34+,36+/m0/s1. The number of hydrogen-bond donors (Lipinski definition) is 4. The van der Waals surface area contributed by atoms with Crippen LogP contribution in [-0.4, -0.2) is 65.6 Å². The molecule has 0 saturated carbocycles. The smallest absolute Gasteiger partial charge is 0.451 e. The summed E-state index contributed by atoms with van der Waals surface area (Å²) in [5, 5.41) is 21.4. The van der Waals surface area contributed by atoms with Crippen LogP contribution in [0.2, 0.25) is 0 Å². The van der Waals surface area contributed by atoms with Crippen LogP contribution >= 0.6 is 7.82 Å². The Morgan fingerprint density at radius 3 is 1.65 bits per heavy atom. The van der Waals surface area contributed by atoms with Gasteiger partial charge in [-0.1, -0.05) is 162 Å². The number of aliphatic hydroxyl groups is 2. The lowest BCUT2D eigenvalue weighted by Crippen LogP contribution is -2.35. The third-order valence-electron chi connectivity index (χ3n) is 8.94. The van der Waals surface area contributed by atoms with E-state index >= 15 is 0 Å². The van der Waals surface area contributed by atoms with E-state index in [1.54, 1.807) is 0 Å². The molecule has 0 aromatic carbocycles. The van der Waals surface area contributed by atoms with Crippen LogP contribution in [0.25, 0.3) is 0 Å². The van der Waals surface area contributed by atoms with Crippen molar-refractivity contribution in [3.8, 4) is 0 Å². The highest BCUT2D eigenvalue weighted by Gasteiger charge is 2.73. The zero-order valence-electron chi connectivity index (χ0n) is 30.6. The first-order chi connectivity index (χ1) is 23.2. The Morgan fingerprint density at radius 2 is 1.19 bits per heavy atom. The molecule has 0 aliphatic carbocycles. The quantitative estimate of drug-likeness (QED) is 0.0124. The zero-order valence-corrected chi connectivity index (χ0v) is 31.5. The second-order valence-corrected chi connectivity index (χ2v) is 15.0. The summed E-state index contributed by atoms with van der Waals surface area (Å²) in [5.74, 6) is -2.45. The number of hydrogen-bond acceptors (Lipinski definition) is 9. The van der Waals surface area contributed by atoms with Crippen LogP contribution in [0.4, 0.5) is 0 Å². The van der Waals surface area contributed by atoms with Gasteiger partial charge in [-0.25, -0.2) is 4.57 Å². The third kappa shape index (κ3) is 23.7. The van der Waals surface area contributed by atoms with Gasteiger partial charge in [-0.2, -0.15) is 4.52 Å². The topological polar surface area (TPSA) is 164 Å². The highest BCUT2D eigenvalue weighted by molar-refractivity contribution is 7.47. The van der Waals surface area contributed by atoms with Gasteiger partial charge in [-0.05, 0) is 12.8 Å². The molecule has 4 atom stereocenters. The molecule has 0 bridgehead atoms. The van der Waals surface area contributed by atoms with Crippen molar-refractivity contribution in [2.75, 3.05) is 26.4 Å². The van der Waals surface area contributed by atoms with E-state index in [0.717, 1.165) is 38.5 Å². The van der Waals surface area contributed by atoms with Crippen LogP contribution in [-0.2, 0) is 32.5 Å². The average molecular weight is 711 g/mol. The molecule has 0 aromatic heterocycles. The molecule has 1 aliphatic rings. The molecular weight excluding hydrogens is 637 g/mol. The Labute approximate surface area is 292 Å². The fourth-order valence-electron chi connectivity index (χ4n) is 5.87. The number of ether oxygens (including phenoxy) is 1. The van der Waals surface area contributed by atoms with Gasteiger partial charge in [0.1, 0.15) is 6.61 Å². The molecule has 1 heterocycles. The Morgan fingerprint density at radius 1 is 0.750 bits per heavy atom. The van der Waals surface area contributed by atoms with Crippen molar-refractivity contribution in [2.45, 2.75) is 199 Å². The van der Waals surface area contributed by atoms with E-state index < -0.39 is 38.6 Å². The van der Waals surface area contributed by atoms with Crippen LogP contribution in [0.1, 0.15) is 181 Å². The van der Waals surface area contributed by atoms with E-state index in [4.69, 9.17) is 24.4 Å². The van der Waals surface area contributed by atoms with Gasteiger partial charge in [-0.15, -0.1) is 0 Å². The highest BCUT2D eigenvalue weighted by atomic mass is 31.2. The number of carbonyl (C=O) groups excluding carboxylic acids is 1. The third-order valence-corrected chi connectivity index (χ3v) is 9.92. The largest absolute Gasteiger partial charge is 0.524 e. The summed E-state index contributed by atoms with van der Waals surface area (Å²) in [5.41, 5.74) is 5.34. The van der Waals surface area contributed by atoms with Crippen LogP contribution in [0, 0.1) is 0 Å². The molecule has 1 unspecified atom stereocenters. The number of phosphoric acid groups is 1. The predicted octanol–water partition coefficient (Wildman–Crippen LogP) is 8.68. The van der Waals surface area contributed by atoms with Gasteiger partial charge in [0, 0.05) is 17.9 Å². The molecule has 1 aliphatic heterocycles. The molecule has 1 saturated heterocycles. The first-order valence-corrected chi connectivity index (χ1v) is 21.0. The van der Waals surface area contributed by atoms with Crippen molar-refractivity contribution in [3.63, 3.8) is 0 Å². The normalized spacial score (nSPS) is 18.9. The van der Waals surface area contributed by atoms with Crippen LogP contribution in [0.3, 0.4) is 0 Å².